The quantitative estimate of drug-likeness (QED) is 0.307. The summed E-state index contributed by atoms with van der Waals surface area (Å²) >= 11 is 6.63. The Kier molecular flexibility index (Phi) is 6.11. The van der Waals surface area contributed by atoms with Crippen LogP contribution in [0.4, 0.5) is 0 Å². The Labute approximate surface area is 229 Å². The van der Waals surface area contributed by atoms with Crippen LogP contribution in [0.2, 0.25) is 5.02 Å². The van der Waals surface area contributed by atoms with Crippen LogP contribution in [-0.2, 0) is 9.47 Å². The molecule has 39 heavy (non-hydrogen) atoms. The number of halogens is 1. The number of hydrogen-bond acceptors (Lipinski definition) is 8. The van der Waals surface area contributed by atoms with Crippen LogP contribution in [0, 0.1) is 0 Å². The summed E-state index contributed by atoms with van der Waals surface area (Å²) < 4.78 is 22.6. The zero-order valence-electron chi connectivity index (χ0n) is 21.0. The molecule has 2 aliphatic rings. The minimum absolute atomic E-state index is 0.0588. The van der Waals surface area contributed by atoms with Gasteiger partial charge >= 0.3 is 6.01 Å². The van der Waals surface area contributed by atoms with Gasteiger partial charge in [-0.25, -0.2) is 15.0 Å². The number of rotatable bonds is 6. The first kappa shape index (κ1) is 24.0. The van der Waals surface area contributed by atoms with E-state index in [2.05, 4.69) is 56.3 Å². The summed E-state index contributed by atoms with van der Waals surface area (Å²) in [7, 11) is 1.55. The molecule has 9 nitrogen and oxygen atoms in total. The highest BCUT2D eigenvalue weighted by Gasteiger charge is 2.43. The standard InChI is InChI=1S/C29H24ClN5O4/c1-36-28-31-13-20(14-32-28)18-4-2-16(3-5-18)17-6-8-19(9-7-17)25-21(30)12-22-27(34-25)35-29(33-22)39-24-15-38-23-10-11-37-26(23)24/h2-9,12-14,23-24,26H,10-11,15H2,1H3,(H,33,34,35)/t23-,24-,26+/m1/s1. The first-order chi connectivity index (χ1) is 19.1. The van der Waals surface area contributed by atoms with E-state index in [1.165, 1.54) is 0 Å². The average molecular weight is 542 g/mol. The Hall–Kier alpha value is -4.05. The van der Waals surface area contributed by atoms with E-state index < -0.39 is 0 Å². The summed E-state index contributed by atoms with van der Waals surface area (Å²) in [6.45, 7) is 1.18. The van der Waals surface area contributed by atoms with Crippen molar-refractivity contribution in [3.05, 3.63) is 72.0 Å². The number of ether oxygens (including phenoxy) is 4. The van der Waals surface area contributed by atoms with E-state index in [-0.39, 0.29) is 18.3 Å². The van der Waals surface area contributed by atoms with Gasteiger partial charge in [-0.3, -0.25) is 0 Å². The highest BCUT2D eigenvalue weighted by Crippen LogP contribution is 2.33. The van der Waals surface area contributed by atoms with Crippen molar-refractivity contribution in [2.45, 2.75) is 24.7 Å². The maximum absolute atomic E-state index is 6.63. The molecule has 7 rings (SSSR count). The summed E-state index contributed by atoms with van der Waals surface area (Å²) in [6.07, 6.45) is 4.24. The largest absolute Gasteiger partial charge is 0.467 e. The number of benzene rings is 2. The molecular formula is C29H24ClN5O4. The van der Waals surface area contributed by atoms with Crippen molar-refractivity contribution in [2.24, 2.45) is 0 Å². The van der Waals surface area contributed by atoms with Crippen molar-refractivity contribution >= 4 is 22.8 Å². The van der Waals surface area contributed by atoms with Crippen LogP contribution < -0.4 is 9.47 Å². The van der Waals surface area contributed by atoms with Crippen molar-refractivity contribution in [1.29, 1.82) is 0 Å². The SMILES string of the molecule is COc1ncc(-c2ccc(-c3ccc(-c4nc5nc(O[C@@H]6CO[C@@H]7CCO[C@@H]76)[nH]c5cc4Cl)cc3)cc2)cn1. The zero-order valence-corrected chi connectivity index (χ0v) is 21.8. The van der Waals surface area contributed by atoms with Gasteiger partial charge < -0.3 is 23.9 Å². The number of aromatic amines is 1. The fourth-order valence-electron chi connectivity index (χ4n) is 5.07. The van der Waals surface area contributed by atoms with Crippen LogP contribution in [-0.4, -0.2) is 63.6 Å². The van der Waals surface area contributed by atoms with Crippen LogP contribution in [0.3, 0.4) is 0 Å². The third kappa shape index (κ3) is 4.58. The Morgan fingerprint density at radius 3 is 2.23 bits per heavy atom. The number of pyridine rings is 1. The molecule has 0 aliphatic carbocycles. The summed E-state index contributed by atoms with van der Waals surface area (Å²) in [4.78, 5) is 20.8. The number of hydrogen-bond donors (Lipinski definition) is 1. The lowest BCUT2D eigenvalue weighted by atomic mass is 10.00. The van der Waals surface area contributed by atoms with Gasteiger partial charge in [-0.1, -0.05) is 60.1 Å². The van der Waals surface area contributed by atoms with E-state index in [9.17, 15) is 0 Å². The van der Waals surface area contributed by atoms with Crippen LogP contribution in [0.1, 0.15) is 6.42 Å². The molecule has 3 atom stereocenters. The number of H-pyrrole nitrogens is 1. The first-order valence-electron chi connectivity index (χ1n) is 12.7. The summed E-state index contributed by atoms with van der Waals surface area (Å²) in [5.74, 6) is 0. The molecule has 0 unspecified atom stereocenters. The van der Waals surface area contributed by atoms with Gasteiger partial charge in [0.25, 0.3) is 6.01 Å². The Bertz CT molecular complexity index is 1620. The normalized spacial score (nSPS) is 20.3. The monoisotopic (exact) mass is 541 g/mol. The van der Waals surface area contributed by atoms with Gasteiger partial charge in [0.1, 0.15) is 6.10 Å². The second kappa shape index (κ2) is 9.92. The topological polar surface area (TPSA) is 104 Å². The molecule has 2 aromatic carbocycles. The molecule has 2 fully saturated rings. The molecule has 196 valence electrons. The highest BCUT2D eigenvalue weighted by molar-refractivity contribution is 6.33. The van der Waals surface area contributed by atoms with Gasteiger partial charge in [0.05, 0.1) is 36.1 Å². The predicted octanol–water partition coefficient (Wildman–Crippen LogP) is 5.35. The molecule has 0 radical (unpaired) electrons. The van der Waals surface area contributed by atoms with E-state index in [0.29, 0.717) is 47.1 Å². The molecule has 5 heterocycles. The number of aromatic nitrogens is 5. The second-order valence-electron chi connectivity index (χ2n) is 9.50. The van der Waals surface area contributed by atoms with Gasteiger partial charge in [0, 0.05) is 30.1 Å². The smallest absolute Gasteiger partial charge is 0.316 e. The van der Waals surface area contributed by atoms with Gasteiger partial charge in [0.15, 0.2) is 11.8 Å². The van der Waals surface area contributed by atoms with E-state index in [0.717, 1.165) is 34.2 Å². The Morgan fingerprint density at radius 1 is 0.872 bits per heavy atom. The molecule has 1 N–H and O–H groups in total. The number of nitrogens with zero attached hydrogens (tertiary/aromatic N) is 4. The van der Waals surface area contributed by atoms with Crippen molar-refractivity contribution < 1.29 is 18.9 Å². The molecule has 2 aliphatic heterocycles. The van der Waals surface area contributed by atoms with Crippen molar-refractivity contribution in [1.82, 2.24) is 24.9 Å². The van der Waals surface area contributed by atoms with Gasteiger partial charge in [-0.2, -0.15) is 4.98 Å². The summed E-state index contributed by atoms with van der Waals surface area (Å²) in [5, 5.41) is 0.528. The van der Waals surface area contributed by atoms with Crippen LogP contribution in [0.25, 0.3) is 44.7 Å². The van der Waals surface area contributed by atoms with Crippen LogP contribution >= 0.6 is 11.6 Å². The molecule has 0 saturated carbocycles. The molecule has 3 aromatic heterocycles. The predicted molar refractivity (Wildman–Crippen MR) is 146 cm³/mol. The minimum Gasteiger partial charge on any atom is -0.467 e. The third-order valence-electron chi connectivity index (χ3n) is 7.11. The molecule has 10 heteroatoms. The minimum atomic E-state index is -0.195. The van der Waals surface area contributed by atoms with Crippen molar-refractivity contribution in [3.8, 4) is 45.5 Å². The molecule has 0 bridgehead atoms. The Morgan fingerprint density at radius 2 is 1.54 bits per heavy atom. The number of nitrogens with one attached hydrogen (secondary N) is 1. The Balaban J connectivity index is 1.09. The van der Waals surface area contributed by atoms with Crippen molar-refractivity contribution in [2.75, 3.05) is 20.3 Å². The highest BCUT2D eigenvalue weighted by atomic mass is 35.5. The second-order valence-corrected chi connectivity index (χ2v) is 9.90. The molecule has 5 aromatic rings. The summed E-state index contributed by atoms with van der Waals surface area (Å²) in [6, 6.07) is 18.9. The maximum Gasteiger partial charge on any atom is 0.316 e. The van der Waals surface area contributed by atoms with E-state index in [1.807, 2.05) is 18.2 Å². The number of fused-ring (bicyclic) bond motifs is 2. The van der Waals surface area contributed by atoms with Gasteiger partial charge in [-0.15, -0.1) is 0 Å². The molecule has 0 spiro atoms. The lowest BCUT2D eigenvalue weighted by Gasteiger charge is -2.15. The molecular weight excluding hydrogens is 518 g/mol. The maximum atomic E-state index is 6.63. The van der Waals surface area contributed by atoms with Crippen LogP contribution in [0.15, 0.2) is 67.0 Å². The van der Waals surface area contributed by atoms with E-state index >= 15 is 0 Å². The lowest BCUT2D eigenvalue weighted by Crippen LogP contribution is -2.32. The molecule has 0 amide bonds. The van der Waals surface area contributed by atoms with E-state index in [4.69, 9.17) is 35.5 Å². The average Bonchev–Trinajstić information content (AvgIpc) is 3.70. The first-order valence-corrected chi connectivity index (χ1v) is 13.1. The fraction of sp³-hybridized carbons (Fsp3) is 0.241. The lowest BCUT2D eigenvalue weighted by molar-refractivity contribution is 0.0273. The molecule has 2 saturated heterocycles. The van der Waals surface area contributed by atoms with Gasteiger partial charge in [0.2, 0.25) is 0 Å². The fourth-order valence-corrected chi connectivity index (χ4v) is 5.34. The third-order valence-corrected chi connectivity index (χ3v) is 7.40. The number of methoxy groups -OCH3 is 1. The summed E-state index contributed by atoms with van der Waals surface area (Å²) in [5.41, 5.74) is 6.92. The van der Waals surface area contributed by atoms with Crippen LogP contribution in [0.5, 0.6) is 12.0 Å². The van der Waals surface area contributed by atoms with Gasteiger partial charge in [-0.05, 0) is 29.2 Å². The zero-order chi connectivity index (χ0) is 26.3. The van der Waals surface area contributed by atoms with E-state index in [1.54, 1.807) is 19.5 Å². The van der Waals surface area contributed by atoms with Crippen molar-refractivity contribution in [3.63, 3.8) is 0 Å². The number of imidazole rings is 1.